The summed E-state index contributed by atoms with van der Waals surface area (Å²) >= 11 is 0. The molecule has 0 aliphatic carbocycles. The third kappa shape index (κ3) is 1.13. The van der Waals surface area contributed by atoms with E-state index in [1.165, 1.54) is 0 Å². The molecule has 1 rings (SSSR count). The summed E-state index contributed by atoms with van der Waals surface area (Å²) in [6, 6.07) is 1.62. The Labute approximate surface area is 49.1 Å². The quantitative estimate of drug-likeness (QED) is 0.515. The zero-order valence-electron chi connectivity index (χ0n) is 4.32. The molecule has 1 heterocycles. The summed E-state index contributed by atoms with van der Waals surface area (Å²) in [5.74, 6) is -1.81. The third-order valence-corrected chi connectivity index (χ3v) is 0.826. The molecule has 0 aromatic carbocycles. The Kier molecular flexibility index (Phi) is 1.30. The van der Waals surface area contributed by atoms with Crippen LogP contribution in [0.5, 0.6) is 0 Å². The van der Waals surface area contributed by atoms with Crippen molar-refractivity contribution in [3.05, 3.63) is 34.3 Å². The topological polar surface area (TPSA) is 32.9 Å². The van der Waals surface area contributed by atoms with E-state index < -0.39 is 17.3 Å². The summed E-state index contributed by atoms with van der Waals surface area (Å²) < 4.78 is 23.9. The van der Waals surface area contributed by atoms with Gasteiger partial charge in [0.2, 0.25) is 0 Å². The maximum Gasteiger partial charge on any atom is 0.286 e. The van der Waals surface area contributed by atoms with Crippen LogP contribution in [0.25, 0.3) is 0 Å². The van der Waals surface area contributed by atoms with Crippen LogP contribution in [0.3, 0.4) is 0 Å². The highest BCUT2D eigenvalue weighted by atomic mass is 19.1. The van der Waals surface area contributed by atoms with Gasteiger partial charge in [0.1, 0.15) is 0 Å². The summed E-state index contributed by atoms with van der Waals surface area (Å²) in [6.45, 7) is 0. The Morgan fingerprint density at radius 3 is 2.44 bits per heavy atom. The number of aromatic amines is 1. The molecule has 0 bridgehead atoms. The maximum absolute atomic E-state index is 12.0. The molecule has 2 nitrogen and oxygen atoms in total. The largest absolute Gasteiger partial charge is 0.296 e. The van der Waals surface area contributed by atoms with E-state index in [1.54, 1.807) is 4.98 Å². The summed E-state index contributed by atoms with van der Waals surface area (Å²) in [5, 5.41) is 0. The Morgan fingerprint density at radius 1 is 1.33 bits per heavy atom. The fourth-order valence-corrected chi connectivity index (χ4v) is 0.432. The van der Waals surface area contributed by atoms with Crippen molar-refractivity contribution in [1.82, 2.24) is 4.98 Å². The summed E-state index contributed by atoms with van der Waals surface area (Å²) in [7, 11) is 0. The first-order valence-electron chi connectivity index (χ1n) is 2.24. The molecule has 0 unspecified atom stereocenters. The van der Waals surface area contributed by atoms with Crippen LogP contribution in [-0.2, 0) is 0 Å². The number of hydrogen-bond donors (Lipinski definition) is 1. The van der Waals surface area contributed by atoms with Crippen molar-refractivity contribution in [2.24, 2.45) is 0 Å². The fourth-order valence-electron chi connectivity index (χ4n) is 0.432. The Morgan fingerprint density at radius 2 is 2.00 bits per heavy atom. The van der Waals surface area contributed by atoms with Gasteiger partial charge >= 0.3 is 0 Å². The monoisotopic (exact) mass is 131 g/mol. The van der Waals surface area contributed by atoms with Gasteiger partial charge in [-0.05, 0) is 12.1 Å². The van der Waals surface area contributed by atoms with Gasteiger partial charge in [-0.2, -0.15) is 4.39 Å². The van der Waals surface area contributed by atoms with Gasteiger partial charge in [0, 0.05) is 0 Å². The molecule has 0 amide bonds. The fraction of sp³-hybridized carbons (Fsp3) is 0. The molecule has 1 aromatic heterocycles. The zero-order valence-corrected chi connectivity index (χ0v) is 4.32. The molecule has 0 fully saturated rings. The van der Waals surface area contributed by atoms with Crippen LogP contribution in [0.2, 0.25) is 0 Å². The average Bonchev–Trinajstić information content (AvgIpc) is 1.80. The van der Waals surface area contributed by atoms with Crippen molar-refractivity contribution in [3.63, 3.8) is 0 Å². The minimum atomic E-state index is -1.03. The van der Waals surface area contributed by atoms with Gasteiger partial charge in [0.25, 0.3) is 5.56 Å². The van der Waals surface area contributed by atoms with Crippen LogP contribution in [0.4, 0.5) is 8.78 Å². The first-order chi connectivity index (χ1) is 4.20. The standard InChI is InChI=1S/C5H3F2NO/c6-3-1-2-4(7)8-5(3)9/h1-2H,(H,8,9). The van der Waals surface area contributed by atoms with Crippen LogP contribution < -0.4 is 5.56 Å². The van der Waals surface area contributed by atoms with Gasteiger partial charge in [0.15, 0.2) is 11.8 Å². The second kappa shape index (κ2) is 1.97. The van der Waals surface area contributed by atoms with E-state index in [9.17, 15) is 13.6 Å². The van der Waals surface area contributed by atoms with Crippen molar-refractivity contribution in [1.29, 1.82) is 0 Å². The molecular weight excluding hydrogens is 128 g/mol. The number of nitrogens with one attached hydrogen (secondary N) is 1. The molecule has 0 radical (unpaired) electrons. The third-order valence-electron chi connectivity index (χ3n) is 0.826. The Bertz CT molecular complexity index is 268. The predicted molar refractivity (Wildman–Crippen MR) is 27.0 cm³/mol. The number of H-pyrrole nitrogens is 1. The Balaban J connectivity index is 3.34. The van der Waals surface area contributed by atoms with E-state index in [1.807, 2.05) is 0 Å². The second-order valence-corrected chi connectivity index (χ2v) is 1.48. The van der Waals surface area contributed by atoms with Gasteiger partial charge in [0.05, 0.1) is 0 Å². The lowest BCUT2D eigenvalue weighted by molar-refractivity contribution is 0.549. The molecule has 0 aliphatic heterocycles. The molecular formula is C5H3F2NO. The van der Waals surface area contributed by atoms with Gasteiger partial charge in [-0.15, -0.1) is 0 Å². The minimum Gasteiger partial charge on any atom is -0.296 e. The van der Waals surface area contributed by atoms with Crippen molar-refractivity contribution in [3.8, 4) is 0 Å². The van der Waals surface area contributed by atoms with E-state index in [2.05, 4.69) is 0 Å². The van der Waals surface area contributed by atoms with Crippen molar-refractivity contribution in [2.45, 2.75) is 0 Å². The lowest BCUT2D eigenvalue weighted by atomic mass is 10.5. The van der Waals surface area contributed by atoms with E-state index in [0.717, 1.165) is 12.1 Å². The predicted octanol–water partition coefficient (Wildman–Crippen LogP) is 0.653. The zero-order chi connectivity index (χ0) is 6.85. The van der Waals surface area contributed by atoms with E-state index in [-0.39, 0.29) is 0 Å². The van der Waals surface area contributed by atoms with Crippen LogP contribution >= 0.6 is 0 Å². The van der Waals surface area contributed by atoms with Crippen LogP contribution in [0.1, 0.15) is 0 Å². The minimum absolute atomic E-state index is 0.772. The van der Waals surface area contributed by atoms with Crippen LogP contribution in [-0.4, -0.2) is 4.98 Å². The second-order valence-electron chi connectivity index (χ2n) is 1.48. The molecule has 0 saturated carbocycles. The molecule has 0 spiro atoms. The van der Waals surface area contributed by atoms with Crippen molar-refractivity contribution < 1.29 is 8.78 Å². The van der Waals surface area contributed by atoms with Gasteiger partial charge in [-0.25, -0.2) is 4.39 Å². The number of rotatable bonds is 0. The lowest BCUT2D eigenvalue weighted by Crippen LogP contribution is -2.10. The lowest BCUT2D eigenvalue weighted by Gasteiger charge is -1.84. The number of aromatic nitrogens is 1. The summed E-state index contributed by atoms with van der Waals surface area (Å²) in [6.07, 6.45) is 0. The summed E-state index contributed by atoms with van der Waals surface area (Å²) in [4.78, 5) is 11.8. The van der Waals surface area contributed by atoms with Gasteiger partial charge in [-0.1, -0.05) is 0 Å². The smallest absolute Gasteiger partial charge is 0.286 e. The number of pyridine rings is 1. The molecule has 1 aromatic rings. The van der Waals surface area contributed by atoms with Crippen LogP contribution in [0, 0.1) is 11.8 Å². The first-order valence-corrected chi connectivity index (χ1v) is 2.24. The Hall–Kier alpha value is -1.19. The molecule has 0 atom stereocenters. The number of hydrogen-bond acceptors (Lipinski definition) is 1. The van der Waals surface area contributed by atoms with Crippen LogP contribution in [0.15, 0.2) is 16.9 Å². The first kappa shape index (κ1) is 5.94. The normalized spacial score (nSPS) is 9.56. The number of halogens is 2. The van der Waals surface area contributed by atoms with Crippen molar-refractivity contribution in [2.75, 3.05) is 0 Å². The summed E-state index contributed by atoms with van der Waals surface area (Å²) in [5.41, 5.74) is -1.03. The van der Waals surface area contributed by atoms with Gasteiger partial charge in [-0.3, -0.25) is 9.78 Å². The highest BCUT2D eigenvalue weighted by Gasteiger charge is 1.95. The average molecular weight is 131 g/mol. The van der Waals surface area contributed by atoms with Gasteiger partial charge < -0.3 is 0 Å². The molecule has 0 aliphatic rings. The molecule has 1 N–H and O–H groups in total. The molecule has 4 heteroatoms. The highest BCUT2D eigenvalue weighted by molar-refractivity contribution is 4.95. The van der Waals surface area contributed by atoms with E-state index >= 15 is 0 Å². The van der Waals surface area contributed by atoms with Crippen molar-refractivity contribution >= 4 is 0 Å². The molecule has 48 valence electrons. The SMILES string of the molecule is O=c1[nH]c(F)ccc1F. The molecule has 9 heavy (non-hydrogen) atoms. The van der Waals surface area contributed by atoms with E-state index in [4.69, 9.17) is 0 Å². The highest BCUT2D eigenvalue weighted by Crippen LogP contribution is 1.88. The maximum atomic E-state index is 12.0. The molecule has 0 saturated heterocycles. The van der Waals surface area contributed by atoms with E-state index in [0.29, 0.717) is 0 Å².